The third kappa shape index (κ3) is 2.24. The smallest absolute Gasteiger partial charge is 0.157 e. The molecule has 2 aliphatic rings. The number of hydrogen-bond donors (Lipinski definition) is 0. The van der Waals surface area contributed by atoms with Crippen LogP contribution in [0.5, 0.6) is 0 Å². The molecule has 0 aromatic heterocycles. The van der Waals surface area contributed by atoms with E-state index in [0.717, 1.165) is 30.2 Å². The molecule has 2 unspecified atom stereocenters. The van der Waals surface area contributed by atoms with Crippen molar-refractivity contribution in [2.45, 2.75) is 6.42 Å². The lowest BCUT2D eigenvalue weighted by Crippen LogP contribution is -2.30. The molecule has 0 N–H and O–H groups in total. The van der Waals surface area contributed by atoms with Crippen LogP contribution in [0.3, 0.4) is 0 Å². The molecule has 1 heterocycles. The van der Waals surface area contributed by atoms with E-state index in [2.05, 4.69) is 36.4 Å². The lowest BCUT2D eigenvalue weighted by molar-refractivity contribution is 0.208. The number of benzene rings is 1. The third-order valence-electron chi connectivity index (χ3n) is 3.97. The Bertz CT molecular complexity index is 572. The van der Waals surface area contributed by atoms with Gasteiger partial charge in [0.2, 0.25) is 0 Å². The summed E-state index contributed by atoms with van der Waals surface area (Å²) in [6.45, 7) is 0.870. The lowest BCUT2D eigenvalue weighted by Gasteiger charge is -2.32. The summed E-state index contributed by atoms with van der Waals surface area (Å²) in [5, 5.41) is 0. The van der Waals surface area contributed by atoms with Crippen molar-refractivity contribution >= 4 is 5.71 Å². The van der Waals surface area contributed by atoms with Crippen LogP contribution in [0.25, 0.3) is 0 Å². The molecule has 1 aromatic rings. The summed E-state index contributed by atoms with van der Waals surface area (Å²) in [5.74, 6) is 2.36. The number of allylic oxidation sites excluding steroid dienone is 2. The highest BCUT2D eigenvalue weighted by Crippen LogP contribution is 2.35. The minimum absolute atomic E-state index is 0.278. The maximum Gasteiger partial charge on any atom is 0.157 e. The van der Waals surface area contributed by atoms with Gasteiger partial charge in [-0.1, -0.05) is 30.3 Å². The van der Waals surface area contributed by atoms with Crippen LogP contribution in [0, 0.1) is 11.8 Å². The number of ether oxygens (including phenoxy) is 2. The van der Waals surface area contributed by atoms with Crippen molar-refractivity contribution in [2.24, 2.45) is 16.8 Å². The van der Waals surface area contributed by atoms with Crippen LogP contribution in [0.15, 0.2) is 59.0 Å². The van der Waals surface area contributed by atoms with E-state index in [1.165, 1.54) is 5.56 Å². The zero-order valence-corrected chi connectivity index (χ0v) is 11.9. The highest BCUT2D eigenvalue weighted by Gasteiger charge is 2.32. The standard InChI is InChI=1S/C17H19NO2/c1-19-15-10-13-8-9-18-17(12-6-4-3-5-7-12)14(13)11-16(15)20-2/h3-7,10-11,13-14H,8-9H2,1-2H3. The molecule has 1 aliphatic carbocycles. The molecular weight excluding hydrogens is 250 g/mol. The summed E-state index contributed by atoms with van der Waals surface area (Å²) in [4.78, 5) is 4.75. The molecule has 1 aliphatic heterocycles. The number of aliphatic imine (C=N–C) groups is 1. The van der Waals surface area contributed by atoms with Crippen molar-refractivity contribution in [1.82, 2.24) is 0 Å². The average Bonchev–Trinajstić information content (AvgIpc) is 2.53. The van der Waals surface area contributed by atoms with Gasteiger partial charge in [0.15, 0.2) is 11.5 Å². The fourth-order valence-electron chi connectivity index (χ4n) is 2.96. The van der Waals surface area contributed by atoms with E-state index in [9.17, 15) is 0 Å². The first kappa shape index (κ1) is 13.0. The Morgan fingerprint density at radius 3 is 2.40 bits per heavy atom. The summed E-state index contributed by atoms with van der Waals surface area (Å²) in [5.41, 5.74) is 2.35. The van der Waals surface area contributed by atoms with Crippen LogP contribution in [-0.2, 0) is 9.47 Å². The van der Waals surface area contributed by atoms with E-state index in [1.54, 1.807) is 14.2 Å². The predicted molar refractivity (Wildman–Crippen MR) is 79.6 cm³/mol. The van der Waals surface area contributed by atoms with Gasteiger partial charge in [0.1, 0.15) is 0 Å². The molecule has 0 bridgehead atoms. The van der Waals surface area contributed by atoms with Gasteiger partial charge in [-0.25, -0.2) is 0 Å². The maximum absolute atomic E-state index is 5.44. The molecular formula is C17H19NO2. The molecule has 0 saturated carbocycles. The normalized spacial score (nSPS) is 25.0. The van der Waals surface area contributed by atoms with E-state index in [1.807, 2.05) is 6.07 Å². The molecule has 1 aromatic carbocycles. The van der Waals surface area contributed by atoms with Crippen LogP contribution < -0.4 is 0 Å². The van der Waals surface area contributed by atoms with Crippen LogP contribution in [-0.4, -0.2) is 26.5 Å². The second-order valence-electron chi connectivity index (χ2n) is 5.08. The average molecular weight is 269 g/mol. The minimum atomic E-state index is 0.278. The van der Waals surface area contributed by atoms with E-state index in [0.29, 0.717) is 5.92 Å². The lowest BCUT2D eigenvalue weighted by atomic mass is 9.78. The quantitative estimate of drug-likeness (QED) is 0.843. The Kier molecular flexibility index (Phi) is 3.59. The largest absolute Gasteiger partial charge is 0.493 e. The van der Waals surface area contributed by atoms with E-state index >= 15 is 0 Å². The summed E-state index contributed by atoms with van der Waals surface area (Å²) in [7, 11) is 3.37. The maximum atomic E-state index is 5.44. The molecule has 104 valence electrons. The zero-order valence-electron chi connectivity index (χ0n) is 11.9. The van der Waals surface area contributed by atoms with E-state index < -0.39 is 0 Å². The van der Waals surface area contributed by atoms with Gasteiger partial charge in [0.05, 0.1) is 14.2 Å². The fraction of sp³-hybridized carbons (Fsp3) is 0.353. The first-order valence-electron chi connectivity index (χ1n) is 6.95. The molecule has 2 atom stereocenters. The van der Waals surface area contributed by atoms with Crippen molar-refractivity contribution in [3.63, 3.8) is 0 Å². The Hall–Kier alpha value is -2.03. The number of rotatable bonds is 3. The number of fused-ring (bicyclic) bond motifs is 1. The molecule has 3 heteroatoms. The highest BCUT2D eigenvalue weighted by atomic mass is 16.5. The summed E-state index contributed by atoms with van der Waals surface area (Å²) in [6.07, 6.45) is 5.39. The summed E-state index contributed by atoms with van der Waals surface area (Å²) < 4.78 is 10.9. The second-order valence-corrected chi connectivity index (χ2v) is 5.08. The molecule has 0 saturated heterocycles. The molecule has 0 fully saturated rings. The van der Waals surface area contributed by atoms with Gasteiger partial charge >= 0.3 is 0 Å². The van der Waals surface area contributed by atoms with Gasteiger partial charge in [-0.3, -0.25) is 4.99 Å². The van der Waals surface area contributed by atoms with E-state index in [-0.39, 0.29) is 5.92 Å². The Morgan fingerprint density at radius 2 is 1.70 bits per heavy atom. The van der Waals surface area contributed by atoms with Gasteiger partial charge in [-0.15, -0.1) is 0 Å². The monoisotopic (exact) mass is 269 g/mol. The molecule has 0 radical (unpaired) electrons. The number of methoxy groups -OCH3 is 2. The Labute approximate surface area is 119 Å². The van der Waals surface area contributed by atoms with Gasteiger partial charge in [0.25, 0.3) is 0 Å². The van der Waals surface area contributed by atoms with Crippen molar-refractivity contribution in [2.75, 3.05) is 20.8 Å². The van der Waals surface area contributed by atoms with Crippen molar-refractivity contribution in [3.8, 4) is 0 Å². The Morgan fingerprint density at radius 1 is 1.00 bits per heavy atom. The van der Waals surface area contributed by atoms with Crippen molar-refractivity contribution in [3.05, 3.63) is 59.6 Å². The predicted octanol–water partition coefficient (Wildman–Crippen LogP) is 3.19. The third-order valence-corrected chi connectivity index (χ3v) is 3.97. The fourth-order valence-corrected chi connectivity index (χ4v) is 2.96. The molecule has 20 heavy (non-hydrogen) atoms. The first-order valence-corrected chi connectivity index (χ1v) is 6.95. The SMILES string of the molecule is COC1=CC2CCN=C(c3ccccc3)C2C=C1OC. The number of hydrogen-bond acceptors (Lipinski definition) is 3. The highest BCUT2D eigenvalue weighted by molar-refractivity contribution is 6.04. The molecule has 3 rings (SSSR count). The van der Waals surface area contributed by atoms with Crippen LogP contribution in [0.2, 0.25) is 0 Å². The summed E-state index contributed by atoms with van der Waals surface area (Å²) >= 11 is 0. The molecule has 3 nitrogen and oxygen atoms in total. The van der Waals surface area contributed by atoms with Crippen LogP contribution in [0.1, 0.15) is 12.0 Å². The van der Waals surface area contributed by atoms with Crippen molar-refractivity contribution in [1.29, 1.82) is 0 Å². The van der Waals surface area contributed by atoms with Crippen molar-refractivity contribution < 1.29 is 9.47 Å². The van der Waals surface area contributed by atoms with Crippen LogP contribution >= 0.6 is 0 Å². The number of nitrogens with zero attached hydrogens (tertiary/aromatic N) is 1. The second kappa shape index (κ2) is 5.53. The van der Waals surface area contributed by atoms with E-state index in [4.69, 9.17) is 14.5 Å². The van der Waals surface area contributed by atoms with Crippen LogP contribution in [0.4, 0.5) is 0 Å². The van der Waals surface area contributed by atoms with Gasteiger partial charge < -0.3 is 9.47 Å². The summed E-state index contributed by atoms with van der Waals surface area (Å²) in [6, 6.07) is 10.4. The zero-order chi connectivity index (χ0) is 13.9. The van der Waals surface area contributed by atoms with Gasteiger partial charge in [-0.05, 0) is 30.1 Å². The molecule has 0 amide bonds. The topological polar surface area (TPSA) is 30.8 Å². The minimum Gasteiger partial charge on any atom is -0.493 e. The first-order chi connectivity index (χ1) is 9.83. The van der Waals surface area contributed by atoms with Gasteiger partial charge in [0, 0.05) is 18.2 Å². The van der Waals surface area contributed by atoms with Gasteiger partial charge in [-0.2, -0.15) is 0 Å². The molecule has 0 spiro atoms. The Balaban J connectivity index is 1.98.